The quantitative estimate of drug-likeness (QED) is 0.760. The molecule has 134 valence electrons. The highest BCUT2D eigenvalue weighted by Crippen LogP contribution is 2.38. The minimum absolute atomic E-state index is 0.144. The van der Waals surface area contributed by atoms with Gasteiger partial charge in [0.25, 0.3) is 0 Å². The average Bonchev–Trinajstić information content (AvgIpc) is 3.04. The molecule has 1 aromatic carbocycles. The standard InChI is InChI=1S/C15H13Cl2F3N4O/c1-7-8(2)24(21-12(7)14-22-25-6-23(14)3)13-10(16)4-9(5-11(13)17)15(18,19)20/h4-5H,6H2,1-3H3. The van der Waals surface area contributed by atoms with Crippen LogP contribution < -0.4 is 0 Å². The Hall–Kier alpha value is -1.93. The Kier molecular flexibility index (Phi) is 4.36. The molecule has 2 aromatic rings. The van der Waals surface area contributed by atoms with Crippen molar-refractivity contribution in [3.63, 3.8) is 0 Å². The van der Waals surface area contributed by atoms with E-state index in [1.165, 1.54) is 4.68 Å². The zero-order valence-corrected chi connectivity index (χ0v) is 15.0. The number of nitrogens with zero attached hydrogens (tertiary/aromatic N) is 4. The molecule has 0 saturated heterocycles. The van der Waals surface area contributed by atoms with Crippen LogP contribution in [0.3, 0.4) is 0 Å². The van der Waals surface area contributed by atoms with Gasteiger partial charge >= 0.3 is 6.18 Å². The summed E-state index contributed by atoms with van der Waals surface area (Å²) in [6.07, 6.45) is -4.54. The molecule has 5 nitrogen and oxygen atoms in total. The molecule has 0 amide bonds. The van der Waals surface area contributed by atoms with Crippen LogP contribution in [0.15, 0.2) is 17.3 Å². The number of hydrogen-bond donors (Lipinski definition) is 0. The molecule has 25 heavy (non-hydrogen) atoms. The fourth-order valence-electron chi connectivity index (χ4n) is 2.47. The molecular formula is C15H13Cl2F3N4O. The van der Waals surface area contributed by atoms with Gasteiger partial charge in [0.05, 0.1) is 15.6 Å². The van der Waals surface area contributed by atoms with Crippen LogP contribution in [0.25, 0.3) is 5.69 Å². The normalized spacial score (nSPS) is 14.7. The van der Waals surface area contributed by atoms with Crippen molar-refractivity contribution in [2.75, 3.05) is 13.8 Å². The fourth-order valence-corrected chi connectivity index (χ4v) is 3.12. The fraction of sp³-hybridized carbons (Fsp3) is 0.333. The van der Waals surface area contributed by atoms with E-state index in [-0.39, 0.29) is 15.7 Å². The maximum Gasteiger partial charge on any atom is 0.416 e. The summed E-state index contributed by atoms with van der Waals surface area (Å²) in [5.74, 6) is 0.526. The number of aromatic nitrogens is 2. The molecule has 0 unspecified atom stereocenters. The number of hydrogen-bond acceptors (Lipinski definition) is 4. The first kappa shape index (κ1) is 17.9. The van der Waals surface area contributed by atoms with Gasteiger partial charge in [0.2, 0.25) is 0 Å². The van der Waals surface area contributed by atoms with Crippen LogP contribution in [0.5, 0.6) is 0 Å². The first-order valence-corrected chi connectivity index (χ1v) is 7.91. The lowest BCUT2D eigenvalue weighted by atomic mass is 10.1. The van der Waals surface area contributed by atoms with E-state index in [2.05, 4.69) is 10.3 Å². The molecular weight excluding hydrogens is 380 g/mol. The Morgan fingerprint density at radius 2 is 1.76 bits per heavy atom. The van der Waals surface area contributed by atoms with E-state index < -0.39 is 11.7 Å². The van der Waals surface area contributed by atoms with E-state index in [4.69, 9.17) is 28.0 Å². The largest absolute Gasteiger partial charge is 0.416 e. The Labute approximate surface area is 151 Å². The van der Waals surface area contributed by atoms with E-state index in [0.717, 1.165) is 17.7 Å². The summed E-state index contributed by atoms with van der Waals surface area (Å²) in [5, 5.41) is 8.09. The molecule has 0 radical (unpaired) electrons. The number of rotatable bonds is 2. The summed E-state index contributed by atoms with van der Waals surface area (Å²) in [7, 11) is 1.79. The van der Waals surface area contributed by atoms with Gasteiger partial charge in [-0.25, -0.2) is 4.68 Å². The van der Waals surface area contributed by atoms with Crippen molar-refractivity contribution in [1.82, 2.24) is 14.7 Å². The van der Waals surface area contributed by atoms with E-state index in [0.29, 0.717) is 24.0 Å². The van der Waals surface area contributed by atoms with Crippen LogP contribution in [0, 0.1) is 13.8 Å². The number of oxime groups is 1. The van der Waals surface area contributed by atoms with Gasteiger partial charge in [-0.1, -0.05) is 28.4 Å². The van der Waals surface area contributed by atoms with Gasteiger partial charge in [-0.05, 0) is 26.0 Å². The Morgan fingerprint density at radius 1 is 1.16 bits per heavy atom. The van der Waals surface area contributed by atoms with E-state index in [1.54, 1.807) is 18.9 Å². The maximum absolute atomic E-state index is 12.9. The molecule has 3 rings (SSSR count). The third kappa shape index (κ3) is 3.04. The lowest BCUT2D eigenvalue weighted by Crippen LogP contribution is -2.24. The second kappa shape index (κ2) is 6.10. The minimum Gasteiger partial charge on any atom is -0.372 e. The van der Waals surface area contributed by atoms with Gasteiger partial charge < -0.3 is 9.74 Å². The second-order valence-corrected chi connectivity index (χ2v) is 6.44. The zero-order chi connectivity index (χ0) is 18.5. The molecule has 0 bridgehead atoms. The molecule has 0 atom stereocenters. The number of benzene rings is 1. The third-order valence-electron chi connectivity index (χ3n) is 3.95. The van der Waals surface area contributed by atoms with Crippen molar-refractivity contribution in [1.29, 1.82) is 0 Å². The molecule has 0 fully saturated rings. The van der Waals surface area contributed by atoms with Crippen molar-refractivity contribution in [3.05, 3.63) is 44.7 Å². The molecule has 0 saturated carbocycles. The summed E-state index contributed by atoms with van der Waals surface area (Å²) in [5.41, 5.74) is 1.29. The first-order valence-electron chi connectivity index (χ1n) is 7.15. The van der Waals surface area contributed by atoms with E-state index >= 15 is 0 Å². The van der Waals surface area contributed by atoms with Crippen LogP contribution in [-0.2, 0) is 11.0 Å². The van der Waals surface area contributed by atoms with Gasteiger partial charge in [0.15, 0.2) is 12.6 Å². The van der Waals surface area contributed by atoms with Gasteiger partial charge in [-0.2, -0.15) is 18.3 Å². The van der Waals surface area contributed by atoms with Gasteiger partial charge in [-0.15, -0.1) is 0 Å². The molecule has 0 aliphatic carbocycles. The second-order valence-electron chi connectivity index (χ2n) is 5.63. The highest BCUT2D eigenvalue weighted by atomic mass is 35.5. The minimum atomic E-state index is -4.54. The molecule has 1 aliphatic heterocycles. The average molecular weight is 393 g/mol. The lowest BCUT2D eigenvalue weighted by molar-refractivity contribution is -0.137. The Morgan fingerprint density at radius 3 is 2.24 bits per heavy atom. The molecule has 1 aromatic heterocycles. The Bertz CT molecular complexity index is 853. The summed E-state index contributed by atoms with van der Waals surface area (Å²) < 4.78 is 40.1. The molecule has 10 heteroatoms. The lowest BCUT2D eigenvalue weighted by Gasteiger charge is -2.13. The molecule has 2 heterocycles. The van der Waals surface area contributed by atoms with Crippen molar-refractivity contribution < 1.29 is 18.0 Å². The number of amidine groups is 1. The van der Waals surface area contributed by atoms with Crippen molar-refractivity contribution in [2.45, 2.75) is 20.0 Å². The zero-order valence-electron chi connectivity index (χ0n) is 13.4. The van der Waals surface area contributed by atoms with Crippen LogP contribution in [-0.4, -0.2) is 34.3 Å². The molecule has 1 aliphatic rings. The van der Waals surface area contributed by atoms with Gasteiger partial charge in [0.1, 0.15) is 11.4 Å². The van der Waals surface area contributed by atoms with Crippen molar-refractivity contribution in [3.8, 4) is 5.69 Å². The van der Waals surface area contributed by atoms with Crippen LogP contribution >= 0.6 is 23.2 Å². The molecule has 0 spiro atoms. The predicted octanol–water partition coefficient (Wildman–Crippen LogP) is 4.40. The predicted molar refractivity (Wildman–Crippen MR) is 88.3 cm³/mol. The smallest absolute Gasteiger partial charge is 0.372 e. The van der Waals surface area contributed by atoms with Crippen LogP contribution in [0.1, 0.15) is 22.5 Å². The highest BCUT2D eigenvalue weighted by molar-refractivity contribution is 6.37. The van der Waals surface area contributed by atoms with Crippen LogP contribution in [0.4, 0.5) is 13.2 Å². The third-order valence-corrected chi connectivity index (χ3v) is 4.52. The summed E-state index contributed by atoms with van der Waals surface area (Å²) in [6, 6.07) is 1.67. The number of halogens is 5. The summed E-state index contributed by atoms with van der Waals surface area (Å²) in [6.45, 7) is 3.89. The first-order chi connectivity index (χ1) is 11.6. The van der Waals surface area contributed by atoms with Crippen molar-refractivity contribution in [2.24, 2.45) is 5.16 Å². The Balaban J connectivity index is 2.15. The molecule has 0 N–H and O–H groups in total. The highest BCUT2D eigenvalue weighted by Gasteiger charge is 2.33. The number of alkyl halides is 3. The van der Waals surface area contributed by atoms with Gasteiger partial charge in [0, 0.05) is 18.3 Å². The van der Waals surface area contributed by atoms with Crippen LogP contribution in [0.2, 0.25) is 10.0 Å². The monoisotopic (exact) mass is 392 g/mol. The summed E-state index contributed by atoms with van der Waals surface area (Å²) in [4.78, 5) is 6.78. The van der Waals surface area contributed by atoms with E-state index in [9.17, 15) is 13.2 Å². The topological polar surface area (TPSA) is 42.6 Å². The van der Waals surface area contributed by atoms with E-state index in [1.807, 2.05) is 6.92 Å². The van der Waals surface area contributed by atoms with Crippen molar-refractivity contribution >= 4 is 29.0 Å². The summed E-state index contributed by atoms with van der Waals surface area (Å²) >= 11 is 12.2. The SMILES string of the molecule is Cc1c(C2=NOCN2C)nn(-c2c(Cl)cc(C(F)(F)F)cc2Cl)c1C. The maximum atomic E-state index is 12.9. The van der Waals surface area contributed by atoms with Gasteiger partial charge in [-0.3, -0.25) is 0 Å².